The summed E-state index contributed by atoms with van der Waals surface area (Å²) in [5.41, 5.74) is 3.08. The molecule has 0 radical (unpaired) electrons. The molecule has 1 N–H and O–H groups in total. The first kappa shape index (κ1) is 17.4. The fourth-order valence-corrected chi connectivity index (χ4v) is 4.70. The number of nitrogens with one attached hydrogen (secondary N) is 1. The molecule has 0 aliphatic rings. The molecule has 0 spiro atoms. The molecule has 0 fully saturated rings. The van der Waals surface area contributed by atoms with Crippen LogP contribution in [-0.4, -0.2) is 4.98 Å². The molecule has 2 heteroatoms. The van der Waals surface area contributed by atoms with Crippen molar-refractivity contribution in [2.75, 3.05) is 0 Å². The average Bonchev–Trinajstić information content (AvgIpc) is 3.26. The Labute approximate surface area is 160 Å². The molecule has 0 bridgehead atoms. The van der Waals surface area contributed by atoms with E-state index in [1.807, 2.05) is 0 Å². The SMILES string of the molecule is CC(C)(CCC(C)(C)c1[nH]cc2ccccc12)c1ccc2cscc2c1. The van der Waals surface area contributed by atoms with Crippen molar-refractivity contribution in [1.82, 2.24) is 4.98 Å². The van der Waals surface area contributed by atoms with Gasteiger partial charge in [-0.15, -0.1) is 0 Å². The van der Waals surface area contributed by atoms with Crippen LogP contribution in [0.4, 0.5) is 0 Å². The Balaban J connectivity index is 1.58. The van der Waals surface area contributed by atoms with Crippen LogP contribution in [0, 0.1) is 0 Å². The average molecular weight is 362 g/mol. The molecule has 4 aromatic rings. The predicted octanol–water partition coefficient (Wildman–Crippen LogP) is 7.42. The smallest absolute Gasteiger partial charge is 0.0284 e. The van der Waals surface area contributed by atoms with Crippen molar-refractivity contribution >= 4 is 32.9 Å². The number of benzene rings is 2. The van der Waals surface area contributed by atoms with Gasteiger partial charge in [0.15, 0.2) is 0 Å². The zero-order chi connectivity index (χ0) is 18.4. The maximum atomic E-state index is 3.55. The van der Waals surface area contributed by atoms with E-state index < -0.39 is 0 Å². The van der Waals surface area contributed by atoms with Gasteiger partial charge in [-0.25, -0.2) is 0 Å². The summed E-state index contributed by atoms with van der Waals surface area (Å²) < 4.78 is 0. The maximum Gasteiger partial charge on any atom is 0.0284 e. The molecule has 4 rings (SSSR count). The Morgan fingerprint density at radius 1 is 0.808 bits per heavy atom. The molecule has 2 heterocycles. The molecule has 134 valence electrons. The molecular formula is C24H27NS. The first-order chi connectivity index (χ1) is 12.4. The van der Waals surface area contributed by atoms with Crippen molar-refractivity contribution in [3.05, 3.63) is 70.7 Å². The monoisotopic (exact) mass is 361 g/mol. The molecule has 0 saturated heterocycles. The van der Waals surface area contributed by atoms with Crippen molar-refractivity contribution in [3.8, 4) is 0 Å². The summed E-state index contributed by atoms with van der Waals surface area (Å²) in [5, 5.41) is 9.87. The highest BCUT2D eigenvalue weighted by atomic mass is 32.1. The second-order valence-corrected chi connectivity index (χ2v) is 9.48. The van der Waals surface area contributed by atoms with Gasteiger partial charge in [-0.3, -0.25) is 0 Å². The van der Waals surface area contributed by atoms with Gasteiger partial charge >= 0.3 is 0 Å². The summed E-state index contributed by atoms with van der Waals surface area (Å²) in [5.74, 6) is 0. The second kappa shape index (κ2) is 6.28. The lowest BCUT2D eigenvalue weighted by atomic mass is 9.73. The molecule has 26 heavy (non-hydrogen) atoms. The van der Waals surface area contributed by atoms with Crippen molar-refractivity contribution in [3.63, 3.8) is 0 Å². The fraction of sp³-hybridized carbons (Fsp3) is 0.333. The largest absolute Gasteiger partial charge is 0.363 e. The third kappa shape index (κ3) is 3.07. The van der Waals surface area contributed by atoms with E-state index in [1.165, 1.54) is 32.8 Å². The van der Waals surface area contributed by atoms with Gasteiger partial charge in [-0.05, 0) is 56.8 Å². The zero-order valence-electron chi connectivity index (χ0n) is 16.1. The van der Waals surface area contributed by atoms with Crippen molar-refractivity contribution < 1.29 is 0 Å². The van der Waals surface area contributed by atoms with Crippen LogP contribution in [0.2, 0.25) is 0 Å². The molecule has 2 aromatic carbocycles. The molecule has 0 amide bonds. The summed E-state index contributed by atoms with van der Waals surface area (Å²) in [6.45, 7) is 9.49. The number of fused-ring (bicyclic) bond motifs is 2. The minimum absolute atomic E-state index is 0.118. The maximum absolute atomic E-state index is 3.55. The van der Waals surface area contributed by atoms with E-state index in [1.54, 1.807) is 11.3 Å². The Morgan fingerprint density at radius 2 is 1.54 bits per heavy atom. The molecule has 2 aromatic heterocycles. The van der Waals surface area contributed by atoms with E-state index in [9.17, 15) is 0 Å². The van der Waals surface area contributed by atoms with Gasteiger partial charge < -0.3 is 4.98 Å². The van der Waals surface area contributed by atoms with Crippen LogP contribution < -0.4 is 0 Å². The zero-order valence-corrected chi connectivity index (χ0v) is 16.9. The molecule has 0 aliphatic heterocycles. The molecular weight excluding hydrogens is 334 g/mol. The van der Waals surface area contributed by atoms with Crippen LogP contribution in [0.15, 0.2) is 59.4 Å². The van der Waals surface area contributed by atoms with E-state index in [2.05, 4.69) is 92.1 Å². The lowest BCUT2D eigenvalue weighted by Crippen LogP contribution is -2.24. The minimum atomic E-state index is 0.118. The molecule has 0 saturated carbocycles. The third-order valence-electron chi connectivity index (χ3n) is 5.91. The van der Waals surface area contributed by atoms with Gasteiger partial charge in [0.25, 0.3) is 0 Å². The van der Waals surface area contributed by atoms with E-state index in [-0.39, 0.29) is 10.8 Å². The Hall–Kier alpha value is -2.06. The summed E-state index contributed by atoms with van der Waals surface area (Å²) in [7, 11) is 0. The summed E-state index contributed by atoms with van der Waals surface area (Å²) in [6, 6.07) is 15.6. The summed E-state index contributed by atoms with van der Waals surface area (Å²) in [4.78, 5) is 3.55. The number of H-pyrrole nitrogens is 1. The number of hydrogen-bond acceptors (Lipinski definition) is 1. The second-order valence-electron chi connectivity index (χ2n) is 8.73. The van der Waals surface area contributed by atoms with Gasteiger partial charge in [0, 0.05) is 22.7 Å². The summed E-state index contributed by atoms with van der Waals surface area (Å²) >= 11 is 1.79. The molecule has 0 unspecified atom stereocenters. The highest BCUT2D eigenvalue weighted by Crippen LogP contribution is 2.38. The Morgan fingerprint density at radius 3 is 2.38 bits per heavy atom. The van der Waals surface area contributed by atoms with E-state index in [0.717, 1.165) is 12.8 Å². The van der Waals surface area contributed by atoms with E-state index in [4.69, 9.17) is 0 Å². The first-order valence-corrected chi connectivity index (χ1v) is 10.3. The van der Waals surface area contributed by atoms with Gasteiger partial charge in [0.2, 0.25) is 0 Å². The number of aromatic amines is 1. The van der Waals surface area contributed by atoms with Crippen LogP contribution in [-0.2, 0) is 10.8 Å². The topological polar surface area (TPSA) is 15.8 Å². The number of thiophene rings is 1. The molecule has 0 aliphatic carbocycles. The highest BCUT2D eigenvalue weighted by Gasteiger charge is 2.29. The van der Waals surface area contributed by atoms with Gasteiger partial charge in [0.1, 0.15) is 0 Å². The summed E-state index contributed by atoms with van der Waals surface area (Å²) in [6.07, 6.45) is 4.44. The van der Waals surface area contributed by atoms with E-state index in [0.29, 0.717) is 0 Å². The number of rotatable bonds is 5. The number of aromatic nitrogens is 1. The van der Waals surface area contributed by atoms with Gasteiger partial charge in [0.05, 0.1) is 0 Å². The highest BCUT2D eigenvalue weighted by molar-refractivity contribution is 7.09. The Bertz CT molecular complexity index is 1050. The van der Waals surface area contributed by atoms with Gasteiger partial charge in [-0.1, -0.05) is 64.1 Å². The number of hydrogen-bond donors (Lipinski definition) is 1. The predicted molar refractivity (Wildman–Crippen MR) is 115 cm³/mol. The van der Waals surface area contributed by atoms with Crippen molar-refractivity contribution in [2.24, 2.45) is 0 Å². The first-order valence-electron chi connectivity index (χ1n) is 9.40. The molecule has 1 nitrogen and oxygen atoms in total. The van der Waals surface area contributed by atoms with Crippen LogP contribution in [0.5, 0.6) is 0 Å². The standard InChI is InChI=1S/C24H27NS/c1-23(2,20-10-9-18-15-26-16-19(18)13-20)11-12-24(3,4)22-21-8-6-5-7-17(21)14-25-22/h5-10,13-16,25H,11-12H2,1-4H3. The van der Waals surface area contributed by atoms with Crippen LogP contribution >= 0.6 is 11.3 Å². The van der Waals surface area contributed by atoms with Crippen LogP contribution in [0.1, 0.15) is 51.8 Å². The van der Waals surface area contributed by atoms with Crippen LogP contribution in [0.3, 0.4) is 0 Å². The van der Waals surface area contributed by atoms with E-state index >= 15 is 0 Å². The quantitative estimate of drug-likeness (QED) is 0.381. The van der Waals surface area contributed by atoms with Crippen molar-refractivity contribution in [1.29, 1.82) is 0 Å². The normalized spacial score (nSPS) is 12.9. The van der Waals surface area contributed by atoms with Crippen molar-refractivity contribution in [2.45, 2.75) is 51.4 Å². The lowest BCUT2D eigenvalue weighted by molar-refractivity contribution is 0.372. The lowest BCUT2D eigenvalue weighted by Gasteiger charge is -2.31. The molecule has 0 atom stereocenters. The minimum Gasteiger partial charge on any atom is -0.363 e. The Kier molecular flexibility index (Phi) is 4.19. The third-order valence-corrected chi connectivity index (χ3v) is 6.69. The fourth-order valence-electron chi connectivity index (χ4n) is 3.92. The van der Waals surface area contributed by atoms with Gasteiger partial charge in [-0.2, -0.15) is 11.3 Å². The van der Waals surface area contributed by atoms with Crippen LogP contribution in [0.25, 0.3) is 21.5 Å².